The molecule has 54 valence electrons. The summed E-state index contributed by atoms with van der Waals surface area (Å²) in [4.78, 5) is 0. The van der Waals surface area contributed by atoms with Crippen LogP contribution in [-0.2, 0) is 0 Å². The summed E-state index contributed by atoms with van der Waals surface area (Å²) >= 11 is 0. The molecule has 0 heterocycles. The molecule has 0 aromatic carbocycles. The summed E-state index contributed by atoms with van der Waals surface area (Å²) in [5.74, 6) is 0. The minimum absolute atomic E-state index is 1.06. The molecule has 0 rings (SSSR count). The number of allylic oxidation sites excluding steroid dienone is 4. The maximum Gasteiger partial charge on any atom is -0.0404 e. The van der Waals surface area contributed by atoms with E-state index in [1.807, 2.05) is 19.1 Å². The Balaban J connectivity index is 0. The average Bonchev–Trinajstić information content (AvgIpc) is 1.85. The lowest BCUT2D eigenvalue weighted by Crippen LogP contribution is -1.55. The molecule has 0 amide bonds. The quantitative estimate of drug-likeness (QED) is 0.401. The number of rotatable bonds is 2. The predicted molar refractivity (Wildman–Crippen MR) is 48.9 cm³/mol. The van der Waals surface area contributed by atoms with Crippen LogP contribution in [0.4, 0.5) is 0 Å². The summed E-state index contributed by atoms with van der Waals surface area (Å²) in [5.41, 5.74) is 3.31. The molecule has 0 atom stereocenters. The molecule has 0 bridgehead atoms. The van der Waals surface area contributed by atoms with Crippen LogP contribution in [-0.4, -0.2) is 0 Å². The molecule has 0 heteroatoms. The largest absolute Gasteiger partial charge is 0.137 e. The lowest BCUT2D eigenvalue weighted by molar-refractivity contribution is 1.56. The Bertz CT molecular complexity index is 153. The van der Waals surface area contributed by atoms with Gasteiger partial charge >= 0.3 is 0 Å². The zero-order chi connectivity index (χ0) is 8.41. The van der Waals surface area contributed by atoms with Crippen molar-refractivity contribution in [2.75, 3.05) is 0 Å². The molecule has 0 aliphatic rings. The zero-order valence-corrected chi connectivity index (χ0v) is 6.56. The first-order valence-electron chi connectivity index (χ1n) is 2.92. The molecule has 0 saturated carbocycles. The van der Waals surface area contributed by atoms with Crippen molar-refractivity contribution < 1.29 is 0 Å². The Morgan fingerprint density at radius 1 is 1.40 bits per heavy atom. The van der Waals surface area contributed by atoms with Crippen LogP contribution < -0.4 is 0 Å². The highest BCUT2D eigenvalue weighted by molar-refractivity contribution is 5.15. The van der Waals surface area contributed by atoms with Gasteiger partial charge < -0.3 is 0 Å². The van der Waals surface area contributed by atoms with Crippen LogP contribution in [0, 0.1) is 0 Å². The second-order valence-electron chi connectivity index (χ2n) is 1.69. The molecule has 0 saturated heterocycles. The number of hydrogen-bond acceptors (Lipinski definition) is 0. The molecule has 0 aliphatic carbocycles. The molecule has 0 nitrogen and oxygen atoms in total. The summed E-state index contributed by atoms with van der Waals surface area (Å²) in [6, 6.07) is 0. The molecular formula is C10H14. The molecule has 0 N–H and O–H groups in total. The summed E-state index contributed by atoms with van der Waals surface area (Å²) in [6.45, 7) is 15.4. The third-order valence-electron chi connectivity index (χ3n) is 0.517. The SMILES string of the molecule is C=C=C.C=CC=CC(=C)C. The third kappa shape index (κ3) is 29.6. The summed E-state index contributed by atoms with van der Waals surface area (Å²) in [7, 11) is 0. The molecule has 10 heavy (non-hydrogen) atoms. The number of hydrogen-bond donors (Lipinski definition) is 0. The van der Waals surface area contributed by atoms with Gasteiger partial charge in [-0.25, -0.2) is 0 Å². The summed E-state index contributed by atoms with van der Waals surface area (Å²) in [5, 5.41) is 0. The van der Waals surface area contributed by atoms with Gasteiger partial charge in [-0.1, -0.05) is 50.1 Å². The van der Waals surface area contributed by atoms with Crippen LogP contribution in [0.5, 0.6) is 0 Å². The van der Waals surface area contributed by atoms with Crippen molar-refractivity contribution in [1.82, 2.24) is 0 Å². The lowest BCUT2D eigenvalue weighted by atomic mass is 10.3. The van der Waals surface area contributed by atoms with Crippen molar-refractivity contribution in [3.63, 3.8) is 0 Å². The Kier molecular flexibility index (Phi) is 12.3. The highest BCUT2D eigenvalue weighted by Crippen LogP contribution is 1.86. The van der Waals surface area contributed by atoms with Gasteiger partial charge in [0.2, 0.25) is 0 Å². The van der Waals surface area contributed by atoms with Crippen LogP contribution in [0.15, 0.2) is 55.8 Å². The van der Waals surface area contributed by atoms with Gasteiger partial charge in [0.15, 0.2) is 0 Å². The van der Waals surface area contributed by atoms with E-state index >= 15 is 0 Å². The Labute approximate surface area is 63.6 Å². The molecular weight excluding hydrogens is 120 g/mol. The van der Waals surface area contributed by atoms with E-state index in [4.69, 9.17) is 0 Å². The highest BCUT2D eigenvalue weighted by atomic mass is 13.7. The Morgan fingerprint density at radius 2 is 1.80 bits per heavy atom. The molecule has 0 fully saturated rings. The van der Waals surface area contributed by atoms with E-state index in [0.717, 1.165) is 5.57 Å². The fraction of sp³-hybridized carbons (Fsp3) is 0.100. The maximum absolute atomic E-state index is 3.66. The van der Waals surface area contributed by atoms with Crippen molar-refractivity contribution in [1.29, 1.82) is 0 Å². The van der Waals surface area contributed by atoms with Crippen molar-refractivity contribution in [3.8, 4) is 0 Å². The standard InChI is InChI=1S/C7H10.C3H4/c1-4-5-6-7(2)3;1-3-2/h4-6H,1-2H2,3H3;1-2H2. The van der Waals surface area contributed by atoms with Crippen molar-refractivity contribution in [2.45, 2.75) is 6.92 Å². The van der Waals surface area contributed by atoms with E-state index < -0.39 is 0 Å². The van der Waals surface area contributed by atoms with Crippen LogP contribution >= 0.6 is 0 Å². The predicted octanol–water partition coefficient (Wildman–Crippen LogP) is 3.26. The van der Waals surface area contributed by atoms with E-state index in [1.54, 1.807) is 6.08 Å². The second-order valence-corrected chi connectivity index (χ2v) is 1.69. The smallest absolute Gasteiger partial charge is 0.0404 e. The van der Waals surface area contributed by atoms with E-state index in [2.05, 4.69) is 32.0 Å². The first-order valence-corrected chi connectivity index (χ1v) is 2.92. The van der Waals surface area contributed by atoms with Gasteiger partial charge in [0.1, 0.15) is 0 Å². The van der Waals surface area contributed by atoms with Crippen LogP contribution in [0.2, 0.25) is 0 Å². The van der Waals surface area contributed by atoms with Crippen LogP contribution in [0.1, 0.15) is 6.92 Å². The van der Waals surface area contributed by atoms with E-state index in [9.17, 15) is 0 Å². The van der Waals surface area contributed by atoms with Gasteiger partial charge in [-0.05, 0) is 6.92 Å². The van der Waals surface area contributed by atoms with E-state index in [0.29, 0.717) is 0 Å². The van der Waals surface area contributed by atoms with Crippen LogP contribution in [0.25, 0.3) is 0 Å². The molecule has 0 radical (unpaired) electrons. The fourth-order valence-electron chi connectivity index (χ4n) is 0.232. The van der Waals surface area contributed by atoms with Gasteiger partial charge in [-0.3, -0.25) is 0 Å². The second kappa shape index (κ2) is 10.7. The van der Waals surface area contributed by atoms with E-state index in [1.165, 1.54) is 0 Å². The topological polar surface area (TPSA) is 0 Å². The van der Waals surface area contributed by atoms with Gasteiger partial charge in [0, 0.05) is 0 Å². The molecule has 0 aromatic rings. The molecule has 0 aromatic heterocycles. The van der Waals surface area contributed by atoms with Crippen LogP contribution in [0.3, 0.4) is 0 Å². The van der Waals surface area contributed by atoms with Crippen molar-refractivity contribution in [2.24, 2.45) is 0 Å². The minimum Gasteiger partial charge on any atom is -0.137 e. The molecule has 0 unspecified atom stereocenters. The van der Waals surface area contributed by atoms with Crippen molar-refractivity contribution in [3.05, 3.63) is 55.8 Å². The maximum atomic E-state index is 3.66. The fourth-order valence-corrected chi connectivity index (χ4v) is 0.232. The van der Waals surface area contributed by atoms with E-state index in [-0.39, 0.29) is 0 Å². The van der Waals surface area contributed by atoms with Gasteiger partial charge in [-0.15, -0.1) is 5.73 Å². The molecule has 0 aliphatic heterocycles. The average molecular weight is 134 g/mol. The summed E-state index contributed by atoms with van der Waals surface area (Å²) in [6.07, 6.45) is 5.50. The lowest BCUT2D eigenvalue weighted by Gasteiger charge is -1.77. The Morgan fingerprint density at radius 3 is 1.90 bits per heavy atom. The zero-order valence-electron chi connectivity index (χ0n) is 6.56. The first-order chi connectivity index (χ1) is 4.68. The minimum atomic E-state index is 1.06. The first kappa shape index (κ1) is 11.5. The molecule has 0 spiro atoms. The van der Waals surface area contributed by atoms with Gasteiger partial charge in [0.25, 0.3) is 0 Å². The highest BCUT2D eigenvalue weighted by Gasteiger charge is 1.65. The van der Waals surface area contributed by atoms with Gasteiger partial charge in [0.05, 0.1) is 0 Å². The van der Waals surface area contributed by atoms with Gasteiger partial charge in [-0.2, -0.15) is 0 Å². The third-order valence-corrected chi connectivity index (χ3v) is 0.517. The monoisotopic (exact) mass is 134 g/mol. The summed E-state index contributed by atoms with van der Waals surface area (Å²) < 4.78 is 0. The Hall–Kier alpha value is -1.26. The normalized spacial score (nSPS) is 7.30. The van der Waals surface area contributed by atoms with Crippen molar-refractivity contribution >= 4 is 0 Å².